The van der Waals surface area contributed by atoms with Crippen molar-refractivity contribution >= 4 is 39.3 Å². The van der Waals surface area contributed by atoms with E-state index < -0.39 is 16.8 Å². The van der Waals surface area contributed by atoms with Crippen LogP contribution in [0.4, 0.5) is 10.2 Å². The predicted octanol–water partition coefficient (Wildman–Crippen LogP) is 3.24. The highest BCUT2D eigenvalue weighted by Gasteiger charge is 2.44. The zero-order valence-electron chi connectivity index (χ0n) is 23.6. The van der Waals surface area contributed by atoms with E-state index in [4.69, 9.17) is 21.1 Å². The fourth-order valence-corrected chi connectivity index (χ4v) is 7.71. The summed E-state index contributed by atoms with van der Waals surface area (Å²) in [6.07, 6.45) is 11.8. The molecule has 9 nitrogen and oxygen atoms in total. The number of phenols is 1. The quantitative estimate of drug-likeness (QED) is 0.362. The van der Waals surface area contributed by atoms with Crippen molar-refractivity contribution < 1.29 is 18.4 Å². The maximum atomic E-state index is 14.8. The summed E-state index contributed by atoms with van der Waals surface area (Å²) < 4.78 is 38.0. The summed E-state index contributed by atoms with van der Waals surface area (Å²) in [6, 6.07) is 6.81. The van der Waals surface area contributed by atoms with Crippen LogP contribution in [-0.2, 0) is 11.0 Å². The Balaban J connectivity index is 1.34. The number of nitrogens with one attached hydrogen (secondary N) is 2. The Bertz CT molecular complexity index is 1690. The fourth-order valence-electron chi connectivity index (χ4n) is 6.60. The average molecular weight is 589 g/mol. The number of halogens is 1. The van der Waals surface area contributed by atoms with Crippen molar-refractivity contribution in [3.8, 4) is 24.1 Å². The van der Waals surface area contributed by atoms with E-state index in [1.165, 1.54) is 18.2 Å². The zero-order valence-corrected chi connectivity index (χ0v) is 24.4. The van der Waals surface area contributed by atoms with Crippen LogP contribution in [0.3, 0.4) is 0 Å². The van der Waals surface area contributed by atoms with Gasteiger partial charge in [0.25, 0.3) is 0 Å². The van der Waals surface area contributed by atoms with Crippen LogP contribution in [-0.4, -0.2) is 76.6 Å². The van der Waals surface area contributed by atoms with Crippen LogP contribution in [0.25, 0.3) is 22.5 Å². The first kappa shape index (κ1) is 27.1. The van der Waals surface area contributed by atoms with E-state index in [1.807, 2.05) is 0 Å². The zero-order chi connectivity index (χ0) is 29.2. The molecule has 0 spiro atoms. The number of piperazine rings is 1. The van der Waals surface area contributed by atoms with Gasteiger partial charge >= 0.3 is 6.01 Å². The molecule has 2 aromatic carbocycles. The molecule has 218 valence electrons. The van der Waals surface area contributed by atoms with Crippen LogP contribution in [0.15, 0.2) is 29.2 Å². The number of nitrogens with zero attached hydrogens (tertiary/aromatic N) is 4. The van der Waals surface area contributed by atoms with Crippen LogP contribution in [0, 0.1) is 23.6 Å². The highest BCUT2D eigenvalue weighted by molar-refractivity contribution is 7.83. The summed E-state index contributed by atoms with van der Waals surface area (Å²) in [5, 5.41) is 15.2. The van der Waals surface area contributed by atoms with Gasteiger partial charge in [0.05, 0.1) is 23.6 Å². The molecular weight excluding hydrogens is 555 g/mol. The highest BCUT2D eigenvalue weighted by atomic mass is 32.2. The first-order chi connectivity index (χ1) is 20.2. The monoisotopic (exact) mass is 588 g/mol. The van der Waals surface area contributed by atoms with Crippen molar-refractivity contribution in [2.45, 2.75) is 42.7 Å². The second-order valence-corrected chi connectivity index (χ2v) is 13.4. The van der Waals surface area contributed by atoms with Crippen LogP contribution < -0.4 is 19.7 Å². The van der Waals surface area contributed by atoms with Crippen molar-refractivity contribution in [3.63, 3.8) is 0 Å². The standard InChI is InChI=1S/C31H33FN6O3S/c1-4-22-24(32)8-5-18-11-21(39)12-23(27(18)22)25-13-26-28(42(40)36-25)29(38-14-19-6-7-20(15-38)33-19)35-30(34-26)41-17-31(9-10-31)16-37(2)3/h1,5,8,11-13,19-20,33,36,39H,6-7,9-10,14-17H2,2-3H3. The lowest BCUT2D eigenvalue weighted by molar-refractivity contribution is 0.182. The molecule has 0 radical (unpaired) electrons. The minimum absolute atomic E-state index is 0.0225. The molecule has 11 heteroatoms. The van der Waals surface area contributed by atoms with Gasteiger partial charge in [0.2, 0.25) is 0 Å². The van der Waals surface area contributed by atoms with E-state index in [2.05, 4.69) is 39.9 Å². The lowest BCUT2D eigenvalue weighted by atomic mass is 9.96. The van der Waals surface area contributed by atoms with E-state index in [-0.39, 0.29) is 22.7 Å². The highest BCUT2D eigenvalue weighted by Crippen LogP contribution is 2.46. The molecular formula is C31H33FN6O3S. The van der Waals surface area contributed by atoms with Crippen LogP contribution >= 0.6 is 0 Å². The van der Waals surface area contributed by atoms with Crippen molar-refractivity contribution in [3.05, 3.63) is 46.9 Å². The summed E-state index contributed by atoms with van der Waals surface area (Å²) in [5.74, 6) is 2.48. The van der Waals surface area contributed by atoms with Gasteiger partial charge in [-0.1, -0.05) is 12.0 Å². The van der Waals surface area contributed by atoms with Gasteiger partial charge in [-0.3, -0.25) is 0 Å². The van der Waals surface area contributed by atoms with Crippen LogP contribution in [0.5, 0.6) is 11.8 Å². The maximum absolute atomic E-state index is 14.8. The molecule has 3 aliphatic heterocycles. The molecule has 3 aromatic rings. The summed E-state index contributed by atoms with van der Waals surface area (Å²) >= 11 is 0. The summed E-state index contributed by atoms with van der Waals surface area (Å²) in [7, 11) is 2.37. The first-order valence-electron chi connectivity index (χ1n) is 14.2. The Hall–Kier alpha value is -3.72. The molecule has 1 saturated carbocycles. The largest absolute Gasteiger partial charge is 0.508 e. The number of benzene rings is 2. The Kier molecular flexibility index (Phi) is 6.60. The Labute approximate surface area is 246 Å². The molecule has 4 aliphatic rings. The molecule has 42 heavy (non-hydrogen) atoms. The van der Waals surface area contributed by atoms with Gasteiger partial charge in [-0.15, -0.1) is 6.42 Å². The van der Waals surface area contributed by atoms with Crippen molar-refractivity contribution in [2.24, 2.45) is 5.41 Å². The van der Waals surface area contributed by atoms with E-state index in [0.717, 1.165) is 45.3 Å². The van der Waals surface area contributed by atoms with E-state index in [9.17, 15) is 13.7 Å². The average Bonchev–Trinajstić information content (AvgIpc) is 3.64. The molecule has 1 aliphatic carbocycles. The normalized spacial score (nSPS) is 23.7. The second-order valence-electron chi connectivity index (χ2n) is 12.2. The number of aromatic nitrogens is 2. The topological polar surface area (TPSA) is 103 Å². The number of phenolic OH excluding ortho intramolecular Hbond substituents is 1. The van der Waals surface area contributed by atoms with Gasteiger partial charge in [-0.2, -0.15) is 9.97 Å². The summed E-state index contributed by atoms with van der Waals surface area (Å²) in [4.78, 5) is 14.4. The molecule has 3 fully saturated rings. The minimum atomic E-state index is -1.74. The molecule has 3 N–H and O–H groups in total. The van der Waals surface area contributed by atoms with Gasteiger partial charge in [-0.25, -0.2) is 8.60 Å². The third-order valence-corrected chi connectivity index (χ3v) is 9.81. The number of fused-ring (bicyclic) bond motifs is 4. The molecule has 1 aromatic heterocycles. The molecule has 0 amide bonds. The van der Waals surface area contributed by atoms with E-state index >= 15 is 0 Å². The molecule has 4 heterocycles. The Morgan fingerprint density at radius 2 is 2.00 bits per heavy atom. The number of anilines is 1. The number of aromatic hydroxyl groups is 1. The van der Waals surface area contributed by atoms with Gasteiger partial charge < -0.3 is 29.7 Å². The SMILES string of the molecule is C#Cc1c(F)ccc2cc(O)cc(C3=Cc4nc(OCC5(CN(C)C)CC5)nc(N5CC6CCC(C5)N6)c4S(=O)N3)c12. The number of hydrogen-bond acceptors (Lipinski definition) is 8. The Morgan fingerprint density at radius 3 is 2.69 bits per heavy atom. The number of hydrogen-bond donors (Lipinski definition) is 3. The molecule has 3 unspecified atom stereocenters. The lowest BCUT2D eigenvalue weighted by Gasteiger charge is -2.35. The van der Waals surface area contributed by atoms with Crippen LogP contribution in [0.1, 0.15) is 42.5 Å². The predicted molar refractivity (Wildman–Crippen MR) is 161 cm³/mol. The maximum Gasteiger partial charge on any atom is 0.319 e. The van der Waals surface area contributed by atoms with Crippen molar-refractivity contribution in [1.82, 2.24) is 24.9 Å². The van der Waals surface area contributed by atoms with E-state index in [1.54, 1.807) is 12.1 Å². The number of rotatable bonds is 7. The van der Waals surface area contributed by atoms with Gasteiger partial charge in [0, 0.05) is 48.1 Å². The van der Waals surface area contributed by atoms with Crippen LogP contribution in [0.2, 0.25) is 0 Å². The van der Waals surface area contributed by atoms with Gasteiger partial charge in [0.1, 0.15) is 16.5 Å². The number of ether oxygens (including phenoxy) is 1. The minimum Gasteiger partial charge on any atom is -0.508 e. The smallest absolute Gasteiger partial charge is 0.319 e. The first-order valence-corrected chi connectivity index (χ1v) is 15.4. The molecule has 2 bridgehead atoms. The third-order valence-electron chi connectivity index (χ3n) is 8.64. The van der Waals surface area contributed by atoms with Gasteiger partial charge in [0.15, 0.2) is 16.8 Å². The molecule has 7 rings (SSSR count). The summed E-state index contributed by atoms with van der Waals surface area (Å²) in [5.41, 5.74) is 1.45. The van der Waals surface area contributed by atoms with Crippen molar-refractivity contribution in [1.29, 1.82) is 0 Å². The van der Waals surface area contributed by atoms with Crippen molar-refractivity contribution in [2.75, 3.05) is 45.2 Å². The Morgan fingerprint density at radius 1 is 1.24 bits per heavy atom. The molecule has 2 saturated heterocycles. The third kappa shape index (κ3) is 4.87. The second kappa shape index (κ2) is 10.2. The van der Waals surface area contributed by atoms with Gasteiger partial charge in [-0.05, 0) is 69.4 Å². The molecule has 3 atom stereocenters. The van der Waals surface area contributed by atoms with E-state index in [0.29, 0.717) is 57.1 Å². The summed E-state index contributed by atoms with van der Waals surface area (Å²) in [6.45, 7) is 2.91. The lowest BCUT2D eigenvalue weighted by Crippen LogP contribution is -2.52. The fraction of sp³-hybridized carbons (Fsp3) is 0.419. The number of terminal acetylenes is 1.